The minimum absolute atomic E-state index is 0.132. The van der Waals surface area contributed by atoms with Gasteiger partial charge in [-0.25, -0.2) is 23.6 Å². The Morgan fingerprint density at radius 1 is 1.21 bits per heavy atom. The number of ether oxygens (including phenoxy) is 2. The summed E-state index contributed by atoms with van der Waals surface area (Å²) < 4.78 is 49.0. The van der Waals surface area contributed by atoms with Crippen LogP contribution in [-0.4, -0.2) is 46.7 Å². The average Bonchev–Trinajstić information content (AvgIpc) is 2.70. The van der Waals surface area contributed by atoms with Crippen LogP contribution in [0.2, 0.25) is 5.02 Å². The summed E-state index contributed by atoms with van der Waals surface area (Å²) in [6.07, 6.45) is -3.74. The second-order valence-corrected chi connectivity index (χ2v) is 7.36. The third kappa shape index (κ3) is 5.61. The number of carbonyl (C=O) groups is 2. The fourth-order valence-corrected chi connectivity index (χ4v) is 2.71. The standard InChI is InChI=1S/C19H18ClF3N4O6/c1-18(2,16(30)32-7-6-25-3)33-15(29)11-8-10(4-5-12(11)20)26-14(28)9-13(19(21,22)23)27(24)17(26)31/h4-6,8-9H,7,24H2,1-3H3/b25-6+. The van der Waals surface area contributed by atoms with Crippen molar-refractivity contribution in [2.45, 2.75) is 25.6 Å². The van der Waals surface area contributed by atoms with Crippen LogP contribution in [0.1, 0.15) is 29.9 Å². The lowest BCUT2D eigenvalue weighted by atomic mass is 10.1. The van der Waals surface area contributed by atoms with Crippen LogP contribution in [0.3, 0.4) is 0 Å². The first kappa shape index (κ1) is 25.6. The van der Waals surface area contributed by atoms with Crippen LogP contribution < -0.4 is 17.1 Å². The summed E-state index contributed by atoms with van der Waals surface area (Å²) in [7, 11) is 1.47. The fourth-order valence-electron chi connectivity index (χ4n) is 2.51. The molecular formula is C19H18ClF3N4O6. The number of carbonyl (C=O) groups excluding carboxylic acids is 2. The molecule has 10 nitrogen and oxygen atoms in total. The lowest BCUT2D eigenvalue weighted by molar-refractivity contribution is -0.160. The normalized spacial score (nSPS) is 12.1. The Kier molecular flexibility index (Phi) is 7.37. The van der Waals surface area contributed by atoms with E-state index in [2.05, 4.69) is 4.99 Å². The molecule has 0 unspecified atom stereocenters. The molecule has 2 N–H and O–H groups in total. The van der Waals surface area contributed by atoms with Gasteiger partial charge in [0.25, 0.3) is 5.56 Å². The predicted octanol–water partition coefficient (Wildman–Crippen LogP) is 1.56. The van der Waals surface area contributed by atoms with Crippen LogP contribution in [0.4, 0.5) is 13.2 Å². The molecule has 2 aromatic rings. The number of nitrogens with two attached hydrogens (primary N) is 1. The molecule has 0 aliphatic rings. The van der Waals surface area contributed by atoms with E-state index in [9.17, 15) is 32.3 Å². The third-order valence-electron chi connectivity index (χ3n) is 4.17. The molecule has 0 amide bonds. The Hall–Kier alpha value is -3.61. The number of hydrogen-bond acceptors (Lipinski definition) is 8. The lowest BCUT2D eigenvalue weighted by Crippen LogP contribution is -2.45. The van der Waals surface area contributed by atoms with E-state index in [1.54, 1.807) is 0 Å². The number of halogens is 4. The number of hydrogen-bond donors (Lipinski definition) is 1. The zero-order chi connectivity index (χ0) is 25.1. The molecular weight excluding hydrogens is 473 g/mol. The highest BCUT2D eigenvalue weighted by Gasteiger charge is 2.36. The van der Waals surface area contributed by atoms with Gasteiger partial charge in [0.1, 0.15) is 6.61 Å². The van der Waals surface area contributed by atoms with Gasteiger partial charge in [-0.2, -0.15) is 13.2 Å². The van der Waals surface area contributed by atoms with Crippen molar-refractivity contribution in [1.82, 2.24) is 9.24 Å². The molecule has 14 heteroatoms. The van der Waals surface area contributed by atoms with Crippen LogP contribution in [0.5, 0.6) is 0 Å². The van der Waals surface area contributed by atoms with Gasteiger partial charge in [-0.1, -0.05) is 11.6 Å². The average molecular weight is 491 g/mol. The van der Waals surface area contributed by atoms with Crippen molar-refractivity contribution >= 4 is 29.8 Å². The second-order valence-electron chi connectivity index (χ2n) is 6.96. The van der Waals surface area contributed by atoms with Gasteiger partial charge in [0, 0.05) is 19.3 Å². The van der Waals surface area contributed by atoms with Gasteiger partial charge in [0.2, 0.25) is 5.60 Å². The number of nitrogens with zero attached hydrogens (tertiary/aromatic N) is 3. The van der Waals surface area contributed by atoms with E-state index in [-0.39, 0.29) is 33.6 Å². The molecule has 0 fully saturated rings. The Bertz CT molecular complexity index is 1230. The highest BCUT2D eigenvalue weighted by Crippen LogP contribution is 2.27. The van der Waals surface area contributed by atoms with E-state index in [1.807, 2.05) is 0 Å². The maximum atomic E-state index is 13.0. The summed E-state index contributed by atoms with van der Waals surface area (Å²) in [6.45, 7) is 2.35. The molecule has 0 saturated heterocycles. The molecule has 1 aromatic heterocycles. The van der Waals surface area contributed by atoms with Crippen molar-refractivity contribution in [3.63, 3.8) is 0 Å². The topological polar surface area (TPSA) is 135 Å². The first-order valence-corrected chi connectivity index (χ1v) is 9.41. The summed E-state index contributed by atoms with van der Waals surface area (Å²) in [4.78, 5) is 53.0. The Morgan fingerprint density at radius 3 is 2.42 bits per heavy atom. The molecule has 178 valence electrons. The van der Waals surface area contributed by atoms with Crippen LogP contribution in [0, 0.1) is 0 Å². The van der Waals surface area contributed by atoms with E-state index >= 15 is 0 Å². The summed E-state index contributed by atoms with van der Waals surface area (Å²) in [5.74, 6) is 3.20. The van der Waals surface area contributed by atoms with Crippen molar-refractivity contribution in [3.05, 3.63) is 61.4 Å². The maximum Gasteiger partial charge on any atom is 0.433 e. The maximum absolute atomic E-state index is 13.0. The first-order chi connectivity index (χ1) is 15.2. The van der Waals surface area contributed by atoms with Gasteiger partial charge in [0.15, 0.2) is 5.69 Å². The van der Waals surface area contributed by atoms with E-state index < -0.39 is 40.7 Å². The number of aromatic nitrogens is 2. The monoisotopic (exact) mass is 490 g/mol. The molecule has 2 rings (SSSR count). The summed E-state index contributed by atoms with van der Waals surface area (Å²) in [6, 6.07) is 3.29. The van der Waals surface area contributed by atoms with Crippen LogP contribution in [0.25, 0.3) is 5.69 Å². The van der Waals surface area contributed by atoms with Crippen molar-refractivity contribution in [1.29, 1.82) is 0 Å². The number of rotatable bonds is 6. The number of nitrogen functional groups attached to an aromatic ring is 1. The molecule has 0 bridgehead atoms. The number of esters is 2. The minimum atomic E-state index is -5.05. The summed E-state index contributed by atoms with van der Waals surface area (Å²) >= 11 is 6.01. The minimum Gasteiger partial charge on any atom is -0.457 e. The number of benzene rings is 1. The first-order valence-electron chi connectivity index (χ1n) is 9.03. The smallest absolute Gasteiger partial charge is 0.433 e. The molecule has 0 saturated carbocycles. The van der Waals surface area contributed by atoms with E-state index in [0.29, 0.717) is 4.57 Å². The van der Waals surface area contributed by atoms with Gasteiger partial charge < -0.3 is 15.3 Å². The molecule has 0 aliphatic heterocycles. The van der Waals surface area contributed by atoms with Crippen LogP contribution in [-0.2, 0) is 20.4 Å². The number of aliphatic imine (C=N–C) groups is 1. The van der Waals surface area contributed by atoms with Gasteiger partial charge in [-0.15, -0.1) is 0 Å². The van der Waals surface area contributed by atoms with Gasteiger partial charge in [0.05, 0.1) is 16.3 Å². The molecule has 1 aromatic carbocycles. The van der Waals surface area contributed by atoms with Crippen LogP contribution in [0.15, 0.2) is 38.8 Å². The van der Waals surface area contributed by atoms with Crippen molar-refractivity contribution in [2.24, 2.45) is 4.99 Å². The lowest BCUT2D eigenvalue weighted by Gasteiger charge is -2.23. The third-order valence-corrected chi connectivity index (χ3v) is 4.50. The van der Waals surface area contributed by atoms with Gasteiger partial charge in [-0.3, -0.25) is 9.79 Å². The van der Waals surface area contributed by atoms with E-state index in [4.69, 9.17) is 26.9 Å². The molecule has 0 atom stereocenters. The number of alkyl halides is 3. The quantitative estimate of drug-likeness (QED) is 0.369. The Balaban J connectivity index is 2.46. The summed E-state index contributed by atoms with van der Waals surface area (Å²) in [5, 5.41) is -0.181. The summed E-state index contributed by atoms with van der Waals surface area (Å²) in [5.41, 5.74) is -6.97. The van der Waals surface area contributed by atoms with Crippen molar-refractivity contribution in [3.8, 4) is 5.69 Å². The molecule has 0 aliphatic carbocycles. The zero-order valence-electron chi connectivity index (χ0n) is 17.5. The highest BCUT2D eigenvalue weighted by atomic mass is 35.5. The van der Waals surface area contributed by atoms with Gasteiger partial charge >= 0.3 is 23.8 Å². The van der Waals surface area contributed by atoms with Crippen LogP contribution >= 0.6 is 11.6 Å². The molecule has 0 radical (unpaired) electrons. The molecule has 0 spiro atoms. The SMILES string of the molecule is C/N=C/COC(=O)C(C)(C)OC(=O)c1cc(-n2c(=O)cc(C(F)(F)F)n(N)c2=O)ccc1Cl. The van der Waals surface area contributed by atoms with Gasteiger partial charge in [-0.05, 0) is 32.0 Å². The van der Waals surface area contributed by atoms with Crippen molar-refractivity contribution in [2.75, 3.05) is 19.5 Å². The Labute approximate surface area is 189 Å². The zero-order valence-corrected chi connectivity index (χ0v) is 18.2. The molecule has 1 heterocycles. The molecule has 33 heavy (non-hydrogen) atoms. The second kappa shape index (κ2) is 9.48. The largest absolute Gasteiger partial charge is 0.457 e. The van der Waals surface area contributed by atoms with Crippen molar-refractivity contribution < 1.29 is 32.2 Å². The highest BCUT2D eigenvalue weighted by molar-refractivity contribution is 6.33. The Morgan fingerprint density at radius 2 is 1.85 bits per heavy atom. The van der Waals surface area contributed by atoms with E-state index in [1.165, 1.54) is 27.1 Å². The van der Waals surface area contributed by atoms with E-state index in [0.717, 1.165) is 18.2 Å². The fraction of sp³-hybridized carbons (Fsp3) is 0.316. The predicted molar refractivity (Wildman–Crippen MR) is 111 cm³/mol.